The van der Waals surface area contributed by atoms with E-state index in [1.165, 1.54) is 0 Å². The zero-order valence-corrected chi connectivity index (χ0v) is 21.4. The average molecular weight is 501 g/mol. The Morgan fingerprint density at radius 3 is 2.22 bits per heavy atom. The lowest BCUT2D eigenvalue weighted by Crippen LogP contribution is -2.18. The van der Waals surface area contributed by atoms with E-state index in [1.54, 1.807) is 44.2 Å². The van der Waals surface area contributed by atoms with Crippen LogP contribution in [-0.4, -0.2) is 35.7 Å². The van der Waals surface area contributed by atoms with Crippen LogP contribution < -0.4 is 20.3 Å². The van der Waals surface area contributed by atoms with Gasteiger partial charge in [0, 0.05) is 49.4 Å². The Labute approximate surface area is 216 Å². The fourth-order valence-corrected chi connectivity index (χ4v) is 4.04. The first kappa shape index (κ1) is 25.8. The molecule has 192 valence electrons. The van der Waals surface area contributed by atoms with Crippen LogP contribution in [0.2, 0.25) is 0 Å². The molecule has 0 saturated carbocycles. The van der Waals surface area contributed by atoms with E-state index in [0.29, 0.717) is 26.2 Å². The van der Waals surface area contributed by atoms with Crippen molar-refractivity contribution in [3.05, 3.63) is 118 Å². The van der Waals surface area contributed by atoms with Gasteiger partial charge in [-0.1, -0.05) is 36.9 Å². The molecule has 2 aromatic carbocycles. The molecular weight excluding hydrogens is 468 g/mol. The number of hydrogen-bond donors (Lipinski definition) is 1. The smallest absolute Gasteiger partial charge is 0.250 e. The fraction of sp³-hybridized carbons (Fsp3) is 0.241. The van der Waals surface area contributed by atoms with Gasteiger partial charge < -0.3 is 24.1 Å². The number of pyridine rings is 1. The van der Waals surface area contributed by atoms with Crippen LogP contribution in [0.25, 0.3) is 5.70 Å². The van der Waals surface area contributed by atoms with Crippen LogP contribution in [0.5, 0.6) is 11.5 Å². The van der Waals surface area contributed by atoms with Crippen molar-refractivity contribution in [2.24, 2.45) is 0 Å². The highest BCUT2D eigenvalue weighted by molar-refractivity contribution is 5.63. The van der Waals surface area contributed by atoms with Crippen molar-refractivity contribution < 1.29 is 14.2 Å². The molecule has 0 radical (unpaired) electrons. The van der Waals surface area contributed by atoms with Crippen molar-refractivity contribution in [2.45, 2.75) is 26.2 Å². The van der Waals surface area contributed by atoms with E-state index in [0.717, 1.165) is 45.1 Å². The summed E-state index contributed by atoms with van der Waals surface area (Å²) in [4.78, 5) is 12.0. The van der Waals surface area contributed by atoms with E-state index in [-0.39, 0.29) is 5.56 Å². The van der Waals surface area contributed by atoms with E-state index < -0.39 is 0 Å². The van der Waals surface area contributed by atoms with E-state index in [2.05, 4.69) is 24.0 Å². The Kier molecular flexibility index (Phi) is 8.43. The van der Waals surface area contributed by atoms with Crippen LogP contribution in [0.3, 0.4) is 0 Å². The quantitative estimate of drug-likeness (QED) is 0.316. The molecule has 0 atom stereocenters. The topological polar surface area (TPSA) is 79.5 Å². The fourth-order valence-electron chi connectivity index (χ4n) is 4.04. The molecule has 0 fully saturated rings. The molecule has 0 spiro atoms. The lowest BCUT2D eigenvalue weighted by Gasteiger charge is -2.12. The Bertz CT molecular complexity index is 1380. The predicted molar refractivity (Wildman–Crippen MR) is 144 cm³/mol. The summed E-state index contributed by atoms with van der Waals surface area (Å²) in [6, 6.07) is 19.1. The maximum Gasteiger partial charge on any atom is 0.250 e. The normalized spacial score (nSPS) is 10.8. The summed E-state index contributed by atoms with van der Waals surface area (Å²) in [7, 11) is 4.92. The highest BCUT2D eigenvalue weighted by Gasteiger charge is 2.13. The average Bonchev–Trinajstić information content (AvgIpc) is 3.31. The summed E-state index contributed by atoms with van der Waals surface area (Å²) in [6.45, 7) is 6.30. The van der Waals surface area contributed by atoms with E-state index in [1.807, 2.05) is 47.3 Å². The second-order valence-electron chi connectivity index (χ2n) is 8.66. The number of nitrogens with one attached hydrogen (secondary N) is 1. The van der Waals surface area contributed by atoms with E-state index in [4.69, 9.17) is 19.3 Å². The second kappa shape index (κ2) is 12.1. The zero-order chi connectivity index (χ0) is 26.2. The van der Waals surface area contributed by atoms with E-state index >= 15 is 0 Å². The minimum atomic E-state index is -0.0132. The van der Waals surface area contributed by atoms with Gasteiger partial charge in [-0.3, -0.25) is 9.48 Å². The Morgan fingerprint density at radius 1 is 0.919 bits per heavy atom. The molecule has 0 bridgehead atoms. The summed E-state index contributed by atoms with van der Waals surface area (Å²) in [6.07, 6.45) is 3.78. The maximum atomic E-state index is 12.0. The lowest BCUT2D eigenvalue weighted by molar-refractivity contribution is 0.180. The van der Waals surface area contributed by atoms with Gasteiger partial charge in [0.15, 0.2) is 0 Å². The van der Waals surface area contributed by atoms with Crippen molar-refractivity contribution in [1.29, 1.82) is 0 Å². The molecule has 4 rings (SSSR count). The molecule has 2 aromatic heterocycles. The Morgan fingerprint density at radius 2 is 1.59 bits per heavy atom. The zero-order valence-electron chi connectivity index (χ0n) is 21.4. The molecule has 1 N–H and O–H groups in total. The Balaban J connectivity index is 1.44. The third kappa shape index (κ3) is 6.68. The van der Waals surface area contributed by atoms with Crippen molar-refractivity contribution in [1.82, 2.24) is 19.7 Å². The molecule has 0 unspecified atom stereocenters. The largest absolute Gasteiger partial charge is 0.497 e. The molecule has 4 aromatic rings. The van der Waals surface area contributed by atoms with Gasteiger partial charge in [0.2, 0.25) is 0 Å². The van der Waals surface area contributed by atoms with E-state index in [9.17, 15) is 4.79 Å². The first-order valence-electron chi connectivity index (χ1n) is 11.9. The number of ether oxygens (including phenoxy) is 3. The summed E-state index contributed by atoms with van der Waals surface area (Å²) in [5, 5.41) is 8.12. The third-order valence-electron chi connectivity index (χ3n) is 5.98. The highest BCUT2D eigenvalue weighted by atomic mass is 16.5. The van der Waals surface area contributed by atoms with Crippen molar-refractivity contribution >= 4 is 5.70 Å². The molecule has 0 aliphatic rings. The number of nitrogens with zero attached hydrogens (tertiary/aromatic N) is 3. The van der Waals surface area contributed by atoms with Gasteiger partial charge >= 0.3 is 0 Å². The van der Waals surface area contributed by atoms with Crippen LogP contribution in [0.15, 0.2) is 84.4 Å². The van der Waals surface area contributed by atoms with Crippen LogP contribution in [-0.2, 0) is 31.0 Å². The van der Waals surface area contributed by atoms with Gasteiger partial charge in [-0.25, -0.2) is 0 Å². The van der Waals surface area contributed by atoms with Crippen molar-refractivity contribution in [3.63, 3.8) is 0 Å². The van der Waals surface area contributed by atoms with Crippen LogP contribution in [0, 0.1) is 0 Å². The number of benzene rings is 2. The first-order chi connectivity index (χ1) is 18.0. The summed E-state index contributed by atoms with van der Waals surface area (Å²) in [5.74, 6) is 1.47. The minimum absolute atomic E-state index is 0.0132. The van der Waals surface area contributed by atoms with Crippen LogP contribution in [0.4, 0.5) is 0 Å². The maximum absolute atomic E-state index is 12.0. The number of aromatic nitrogens is 3. The lowest BCUT2D eigenvalue weighted by atomic mass is 10.1. The van der Waals surface area contributed by atoms with Gasteiger partial charge in [0.25, 0.3) is 5.56 Å². The standard InChI is InChI=1S/C29H32N4O4/c1-21(30-16-24-13-25(36-3)15-26(14-24)37-4)27-19-33(31-28(27)20-35-2)18-23-10-8-22(9-11-23)17-32-12-6-5-7-29(32)34/h5-15,19,30H,1,16-18,20H2,2-4H3. The monoisotopic (exact) mass is 500 g/mol. The van der Waals surface area contributed by atoms with Gasteiger partial charge in [-0.2, -0.15) is 5.10 Å². The third-order valence-corrected chi connectivity index (χ3v) is 5.98. The number of methoxy groups -OCH3 is 3. The molecule has 2 heterocycles. The summed E-state index contributed by atoms with van der Waals surface area (Å²) >= 11 is 0. The molecule has 0 aliphatic carbocycles. The Hall–Kier alpha value is -4.30. The summed E-state index contributed by atoms with van der Waals surface area (Å²) < 4.78 is 19.7. The second-order valence-corrected chi connectivity index (χ2v) is 8.66. The number of hydrogen-bond acceptors (Lipinski definition) is 6. The molecule has 37 heavy (non-hydrogen) atoms. The van der Waals surface area contributed by atoms with Gasteiger partial charge in [0.1, 0.15) is 11.5 Å². The molecule has 8 heteroatoms. The molecule has 0 aliphatic heterocycles. The highest BCUT2D eigenvalue weighted by Crippen LogP contribution is 2.23. The number of rotatable bonds is 12. The predicted octanol–water partition coefficient (Wildman–Crippen LogP) is 4.07. The van der Waals surface area contributed by atoms with Gasteiger partial charge in [-0.15, -0.1) is 0 Å². The summed E-state index contributed by atoms with van der Waals surface area (Å²) in [5.41, 5.74) is 5.62. The molecule has 8 nitrogen and oxygen atoms in total. The molecule has 0 amide bonds. The molecular formula is C29H32N4O4. The minimum Gasteiger partial charge on any atom is -0.497 e. The SMILES string of the molecule is C=C(NCc1cc(OC)cc(OC)c1)c1cn(Cc2ccc(Cn3ccccc3=O)cc2)nc1COC. The van der Waals surface area contributed by atoms with Gasteiger partial charge in [-0.05, 0) is 34.9 Å². The van der Waals surface area contributed by atoms with Crippen molar-refractivity contribution in [2.75, 3.05) is 21.3 Å². The van der Waals surface area contributed by atoms with Crippen LogP contribution >= 0.6 is 0 Å². The van der Waals surface area contributed by atoms with Crippen LogP contribution in [0.1, 0.15) is 27.9 Å². The van der Waals surface area contributed by atoms with Gasteiger partial charge in [0.05, 0.1) is 39.6 Å². The molecule has 0 saturated heterocycles. The van der Waals surface area contributed by atoms with Crippen molar-refractivity contribution in [3.8, 4) is 11.5 Å². The first-order valence-corrected chi connectivity index (χ1v) is 11.9.